The Hall–Kier alpha value is -2.79. The van der Waals surface area contributed by atoms with E-state index in [1.54, 1.807) is 24.6 Å². The molecule has 1 saturated carbocycles. The molecule has 1 aromatic carbocycles. The highest BCUT2D eigenvalue weighted by Crippen LogP contribution is 2.39. The molecule has 0 atom stereocenters. The molecule has 0 bridgehead atoms. The predicted molar refractivity (Wildman–Crippen MR) is 136 cm³/mol. The minimum absolute atomic E-state index is 0.121. The van der Waals surface area contributed by atoms with Crippen molar-refractivity contribution in [1.82, 2.24) is 9.71 Å². The minimum atomic E-state index is -4.82. The van der Waals surface area contributed by atoms with Gasteiger partial charge >= 0.3 is 12.1 Å². The summed E-state index contributed by atoms with van der Waals surface area (Å²) in [6, 6.07) is 5.39. The fourth-order valence-corrected chi connectivity index (χ4v) is 5.95. The number of halogens is 4. The number of methoxy groups -OCH3 is 1. The van der Waals surface area contributed by atoms with Gasteiger partial charge in [0.05, 0.1) is 18.4 Å². The maximum absolute atomic E-state index is 14.6. The summed E-state index contributed by atoms with van der Waals surface area (Å²) in [5.74, 6) is -0.976. The van der Waals surface area contributed by atoms with E-state index in [1.165, 1.54) is 19.2 Å². The summed E-state index contributed by atoms with van der Waals surface area (Å²) in [6.45, 7) is 4.80. The summed E-state index contributed by atoms with van der Waals surface area (Å²) in [5, 5.41) is 0. The van der Waals surface area contributed by atoms with Gasteiger partial charge in [0.25, 0.3) is 0 Å². The first kappa shape index (κ1) is 29.8. The Balaban J connectivity index is 2.16. The van der Waals surface area contributed by atoms with Crippen LogP contribution < -0.4 is 4.72 Å². The number of rotatable bonds is 8. The molecule has 1 aliphatic rings. The first-order valence-corrected chi connectivity index (χ1v) is 13.7. The van der Waals surface area contributed by atoms with Crippen molar-refractivity contribution in [1.29, 1.82) is 0 Å². The largest absolute Gasteiger partial charge is 0.465 e. The van der Waals surface area contributed by atoms with Gasteiger partial charge in [-0.25, -0.2) is 17.6 Å². The molecule has 2 aromatic rings. The van der Waals surface area contributed by atoms with Crippen LogP contribution >= 0.6 is 0 Å². The van der Waals surface area contributed by atoms with E-state index in [-0.39, 0.29) is 17.2 Å². The quantitative estimate of drug-likeness (QED) is 0.241. The second-order valence-corrected chi connectivity index (χ2v) is 11.9. The number of esters is 1. The Morgan fingerprint density at radius 3 is 2.26 bits per heavy atom. The van der Waals surface area contributed by atoms with Gasteiger partial charge in [-0.1, -0.05) is 31.7 Å². The number of alkyl halides is 3. The molecule has 1 fully saturated rings. The molecular weight excluding hydrogens is 524 g/mol. The zero-order valence-electron chi connectivity index (χ0n) is 22.0. The Morgan fingerprint density at radius 2 is 1.74 bits per heavy atom. The third-order valence-electron chi connectivity index (χ3n) is 6.89. The number of nitrogens with zero attached hydrogens (tertiary/aromatic N) is 1. The molecule has 1 N–H and O–H groups in total. The maximum Gasteiger partial charge on any atom is 0.407 e. The van der Waals surface area contributed by atoms with Gasteiger partial charge in [0.15, 0.2) is 0 Å². The topological polar surface area (TPSA) is 85.4 Å². The van der Waals surface area contributed by atoms with Gasteiger partial charge in [-0.2, -0.15) is 17.9 Å². The van der Waals surface area contributed by atoms with Gasteiger partial charge in [-0.3, -0.25) is 4.98 Å². The van der Waals surface area contributed by atoms with E-state index >= 15 is 0 Å². The van der Waals surface area contributed by atoms with Crippen molar-refractivity contribution < 1.29 is 35.5 Å². The number of aryl methyl sites for hydroxylation is 2. The number of hydrogen-bond donors (Lipinski definition) is 1. The van der Waals surface area contributed by atoms with Gasteiger partial charge in [0.1, 0.15) is 16.3 Å². The number of sulfonamides is 1. The van der Waals surface area contributed by atoms with E-state index in [2.05, 4.69) is 4.98 Å². The summed E-state index contributed by atoms with van der Waals surface area (Å²) in [4.78, 5) is 16.9. The Kier molecular flexibility index (Phi) is 8.72. The highest BCUT2D eigenvalue weighted by Gasteiger charge is 2.49. The van der Waals surface area contributed by atoms with Crippen molar-refractivity contribution in [2.45, 2.75) is 76.4 Å². The average molecular weight is 557 g/mol. The Bertz CT molecular complexity index is 1330. The molecule has 11 heteroatoms. The van der Waals surface area contributed by atoms with Gasteiger partial charge in [-0.05, 0) is 80.5 Å². The summed E-state index contributed by atoms with van der Waals surface area (Å²) in [6.07, 6.45) is 0.434. The standard InChI is InChI=1S/C27H32F4N2O4S/c1-16-12-17(2)22(28)14-20(16)24(25(34)37-5)21(13-18-8-6-7-9-18)23-11-10-19(15-32-23)38(35,36)33-26(3,4)27(29,30)31/h10-12,14-15,18,33H,6-9,13H2,1-5H3/b24-21-. The van der Waals surface area contributed by atoms with Crippen molar-refractivity contribution >= 4 is 27.1 Å². The molecule has 38 heavy (non-hydrogen) atoms. The zero-order valence-corrected chi connectivity index (χ0v) is 22.8. The lowest BCUT2D eigenvalue weighted by Crippen LogP contribution is -2.54. The lowest BCUT2D eigenvalue weighted by atomic mass is 9.87. The van der Waals surface area contributed by atoms with Crippen molar-refractivity contribution in [3.8, 4) is 0 Å². The van der Waals surface area contributed by atoms with Crippen LogP contribution in [0.3, 0.4) is 0 Å². The summed E-state index contributed by atoms with van der Waals surface area (Å²) >= 11 is 0. The molecule has 1 aliphatic carbocycles. The highest BCUT2D eigenvalue weighted by molar-refractivity contribution is 7.89. The number of carbonyl (C=O) groups excluding carboxylic acids is 1. The number of pyridine rings is 1. The number of carbonyl (C=O) groups is 1. The van der Waals surface area contributed by atoms with Gasteiger partial charge in [0, 0.05) is 6.20 Å². The molecule has 208 valence electrons. The lowest BCUT2D eigenvalue weighted by molar-refractivity contribution is -0.180. The first-order chi connectivity index (χ1) is 17.6. The Morgan fingerprint density at radius 1 is 1.11 bits per heavy atom. The second-order valence-electron chi connectivity index (χ2n) is 10.2. The minimum Gasteiger partial charge on any atom is -0.465 e. The third-order valence-corrected chi connectivity index (χ3v) is 8.53. The lowest BCUT2D eigenvalue weighted by Gasteiger charge is -2.28. The van der Waals surface area contributed by atoms with E-state index in [4.69, 9.17) is 4.74 Å². The Labute approximate surface area is 220 Å². The molecule has 0 unspecified atom stereocenters. The molecule has 0 radical (unpaired) electrons. The number of nitrogens with one attached hydrogen (secondary N) is 1. The fourth-order valence-electron chi connectivity index (χ4n) is 4.60. The van der Waals surface area contributed by atoms with Crippen LogP contribution in [-0.4, -0.2) is 38.2 Å². The number of benzene rings is 1. The molecule has 0 aliphatic heterocycles. The first-order valence-electron chi connectivity index (χ1n) is 12.2. The van der Waals surface area contributed by atoms with Crippen LogP contribution in [0.15, 0.2) is 35.4 Å². The van der Waals surface area contributed by atoms with Crippen molar-refractivity contribution in [3.63, 3.8) is 0 Å². The molecular formula is C27H32F4N2O4S. The normalized spacial score (nSPS) is 15.9. The van der Waals surface area contributed by atoms with Crippen LogP contribution in [0, 0.1) is 25.6 Å². The van der Waals surface area contributed by atoms with Crippen LogP contribution in [0.2, 0.25) is 0 Å². The maximum atomic E-state index is 14.6. The summed E-state index contributed by atoms with van der Waals surface area (Å²) < 4.78 is 86.6. The third kappa shape index (κ3) is 6.43. The fraction of sp³-hybridized carbons (Fsp3) is 0.481. The van der Waals surface area contributed by atoms with Crippen LogP contribution in [0.25, 0.3) is 11.1 Å². The van der Waals surface area contributed by atoms with E-state index in [1.807, 2.05) is 0 Å². The molecule has 1 aromatic heterocycles. The predicted octanol–water partition coefficient (Wildman–Crippen LogP) is 6.12. The summed E-state index contributed by atoms with van der Waals surface area (Å²) in [5.41, 5.74) is -0.478. The van der Waals surface area contributed by atoms with E-state index in [9.17, 15) is 30.8 Å². The number of allylic oxidation sites excluding steroid dienone is 1. The molecule has 0 spiro atoms. The van der Waals surface area contributed by atoms with E-state index in [0.29, 0.717) is 28.7 Å². The number of hydrogen-bond acceptors (Lipinski definition) is 5. The smallest absolute Gasteiger partial charge is 0.407 e. The van der Waals surface area contributed by atoms with Crippen molar-refractivity contribution in [3.05, 3.63) is 58.7 Å². The van der Waals surface area contributed by atoms with Gasteiger partial charge in [-0.15, -0.1) is 0 Å². The second kappa shape index (κ2) is 11.1. The van der Waals surface area contributed by atoms with Crippen LogP contribution in [0.1, 0.15) is 68.3 Å². The van der Waals surface area contributed by atoms with E-state index < -0.39 is 38.4 Å². The number of aromatic nitrogens is 1. The SMILES string of the molecule is COC(=O)/C(=C(/CC1CCCC1)c1ccc(S(=O)(=O)NC(C)(C)C(F)(F)F)cn1)c1cc(F)c(C)cc1C. The van der Waals surface area contributed by atoms with Gasteiger partial charge < -0.3 is 4.74 Å². The molecule has 1 heterocycles. The van der Waals surface area contributed by atoms with Crippen LogP contribution in [0.5, 0.6) is 0 Å². The van der Waals surface area contributed by atoms with Gasteiger partial charge in [0.2, 0.25) is 10.0 Å². The number of ether oxygens (including phenoxy) is 1. The summed E-state index contributed by atoms with van der Waals surface area (Å²) in [7, 11) is -3.35. The molecule has 6 nitrogen and oxygen atoms in total. The van der Waals surface area contributed by atoms with Crippen LogP contribution in [0.4, 0.5) is 17.6 Å². The molecule has 0 saturated heterocycles. The zero-order chi connectivity index (χ0) is 28.5. The van der Waals surface area contributed by atoms with Crippen molar-refractivity contribution in [2.24, 2.45) is 5.92 Å². The molecule has 0 amide bonds. The highest BCUT2D eigenvalue weighted by atomic mass is 32.2. The van der Waals surface area contributed by atoms with E-state index in [0.717, 1.165) is 51.8 Å². The van der Waals surface area contributed by atoms with Crippen LogP contribution in [-0.2, 0) is 19.6 Å². The monoisotopic (exact) mass is 556 g/mol. The average Bonchev–Trinajstić information content (AvgIpc) is 3.33. The van der Waals surface area contributed by atoms with Crippen molar-refractivity contribution in [2.75, 3.05) is 7.11 Å². The molecule has 3 rings (SSSR count).